The predicted octanol–water partition coefficient (Wildman–Crippen LogP) is 2.19. The molecule has 0 spiro atoms. The Bertz CT molecular complexity index is 416. The Kier molecular flexibility index (Phi) is 4.03. The maximum atomic E-state index is 13.1. The number of carbonyl (C=O) groups is 1. The highest BCUT2D eigenvalue weighted by Gasteiger charge is 2.38. The Labute approximate surface area is 93.4 Å². The average Bonchev–Trinajstić information content (AvgIpc) is 2.22. The molecule has 0 aliphatic heterocycles. The quantitative estimate of drug-likeness (QED) is 0.822. The summed E-state index contributed by atoms with van der Waals surface area (Å²) in [4.78, 5) is 10.4. The fourth-order valence-electron chi connectivity index (χ4n) is 1.15. The first-order chi connectivity index (χ1) is 7.82. The first-order valence-electron chi connectivity index (χ1n) is 4.60. The third kappa shape index (κ3) is 3.69. The van der Waals surface area contributed by atoms with Gasteiger partial charge >= 0.3 is 12.1 Å². The van der Waals surface area contributed by atoms with E-state index >= 15 is 0 Å². The zero-order valence-electron chi connectivity index (χ0n) is 8.44. The van der Waals surface area contributed by atoms with Gasteiger partial charge in [-0.25, -0.2) is 8.78 Å². The van der Waals surface area contributed by atoms with Crippen LogP contribution in [0.4, 0.5) is 22.0 Å². The number of benzene rings is 1. The van der Waals surface area contributed by atoms with Crippen LogP contribution < -0.4 is 5.32 Å². The molecular weight excluding hydrogens is 245 g/mol. The maximum absolute atomic E-state index is 13.1. The van der Waals surface area contributed by atoms with Crippen LogP contribution in [0.25, 0.3) is 0 Å². The molecule has 1 aromatic rings. The van der Waals surface area contributed by atoms with Crippen molar-refractivity contribution in [2.75, 3.05) is 6.54 Å². The van der Waals surface area contributed by atoms with Crippen molar-refractivity contribution in [3.8, 4) is 0 Å². The number of halogens is 5. The van der Waals surface area contributed by atoms with Gasteiger partial charge in [-0.1, -0.05) is 12.1 Å². The SMILES string of the molecule is O=C(NCCc1cccc(F)c1F)C(F)(F)F. The van der Waals surface area contributed by atoms with E-state index in [0.29, 0.717) is 0 Å². The van der Waals surface area contributed by atoms with E-state index in [9.17, 15) is 26.7 Å². The van der Waals surface area contributed by atoms with Crippen LogP contribution in [0.5, 0.6) is 0 Å². The maximum Gasteiger partial charge on any atom is 0.471 e. The molecule has 0 saturated carbocycles. The highest BCUT2D eigenvalue weighted by Crippen LogP contribution is 2.14. The van der Waals surface area contributed by atoms with Gasteiger partial charge < -0.3 is 5.32 Å². The molecule has 94 valence electrons. The summed E-state index contributed by atoms with van der Waals surface area (Å²) >= 11 is 0. The molecule has 17 heavy (non-hydrogen) atoms. The average molecular weight is 253 g/mol. The Morgan fingerprint density at radius 1 is 1.24 bits per heavy atom. The third-order valence-electron chi connectivity index (χ3n) is 1.97. The van der Waals surface area contributed by atoms with Crippen LogP contribution in [-0.4, -0.2) is 18.6 Å². The Balaban J connectivity index is 2.52. The first kappa shape index (κ1) is 13.4. The summed E-state index contributed by atoms with van der Waals surface area (Å²) in [6.45, 7) is -0.418. The standard InChI is InChI=1S/C10H8F5NO/c11-7-3-1-2-6(8(7)12)4-5-16-9(17)10(13,14)15/h1-3H,4-5H2,(H,16,17). The highest BCUT2D eigenvalue weighted by atomic mass is 19.4. The molecule has 0 fully saturated rings. The smallest absolute Gasteiger partial charge is 0.348 e. The minimum absolute atomic E-state index is 0.0903. The molecule has 0 aromatic heterocycles. The van der Waals surface area contributed by atoms with E-state index in [0.717, 1.165) is 6.07 Å². The van der Waals surface area contributed by atoms with E-state index in [1.807, 2.05) is 0 Å². The summed E-state index contributed by atoms with van der Waals surface area (Å²) in [5.41, 5.74) is -0.0903. The fraction of sp³-hybridized carbons (Fsp3) is 0.300. The van der Waals surface area contributed by atoms with Crippen LogP contribution in [-0.2, 0) is 11.2 Å². The molecule has 2 nitrogen and oxygen atoms in total. The molecule has 0 radical (unpaired) electrons. The van der Waals surface area contributed by atoms with Crippen LogP contribution in [0.15, 0.2) is 18.2 Å². The van der Waals surface area contributed by atoms with Crippen molar-refractivity contribution >= 4 is 5.91 Å². The predicted molar refractivity (Wildman–Crippen MR) is 49.1 cm³/mol. The lowest BCUT2D eigenvalue weighted by Crippen LogP contribution is -2.37. The molecule has 0 atom stereocenters. The number of nitrogens with one attached hydrogen (secondary N) is 1. The van der Waals surface area contributed by atoms with Crippen LogP contribution in [0.3, 0.4) is 0 Å². The summed E-state index contributed by atoms with van der Waals surface area (Å²) < 4.78 is 61.1. The van der Waals surface area contributed by atoms with Crippen molar-refractivity contribution in [2.24, 2.45) is 0 Å². The molecule has 0 bridgehead atoms. The zero-order chi connectivity index (χ0) is 13.1. The minimum atomic E-state index is -4.97. The second kappa shape index (κ2) is 5.11. The zero-order valence-corrected chi connectivity index (χ0v) is 8.44. The normalized spacial score (nSPS) is 11.4. The minimum Gasteiger partial charge on any atom is -0.348 e. The van der Waals surface area contributed by atoms with Gasteiger partial charge in [0.2, 0.25) is 0 Å². The molecule has 1 amide bonds. The van der Waals surface area contributed by atoms with Gasteiger partial charge in [-0.3, -0.25) is 4.79 Å². The fourth-order valence-corrected chi connectivity index (χ4v) is 1.15. The Morgan fingerprint density at radius 3 is 2.47 bits per heavy atom. The molecule has 1 aromatic carbocycles. The van der Waals surface area contributed by atoms with Gasteiger partial charge in [0.1, 0.15) is 0 Å². The van der Waals surface area contributed by atoms with E-state index in [-0.39, 0.29) is 12.0 Å². The molecule has 7 heteroatoms. The number of alkyl halides is 3. The van der Waals surface area contributed by atoms with Crippen LogP contribution in [0.1, 0.15) is 5.56 Å². The lowest BCUT2D eigenvalue weighted by atomic mass is 10.1. The summed E-state index contributed by atoms with van der Waals surface area (Å²) in [7, 11) is 0. The van der Waals surface area contributed by atoms with E-state index in [4.69, 9.17) is 0 Å². The van der Waals surface area contributed by atoms with Gasteiger partial charge in [0.25, 0.3) is 0 Å². The molecule has 0 unspecified atom stereocenters. The van der Waals surface area contributed by atoms with Crippen LogP contribution >= 0.6 is 0 Å². The highest BCUT2D eigenvalue weighted by molar-refractivity contribution is 5.81. The summed E-state index contributed by atoms with van der Waals surface area (Å²) in [6, 6.07) is 3.37. The second-order valence-corrected chi connectivity index (χ2v) is 3.22. The monoisotopic (exact) mass is 253 g/mol. The van der Waals surface area contributed by atoms with E-state index in [1.54, 1.807) is 5.32 Å². The van der Waals surface area contributed by atoms with Gasteiger partial charge in [-0.15, -0.1) is 0 Å². The third-order valence-corrected chi connectivity index (χ3v) is 1.97. The number of carbonyl (C=O) groups excluding carboxylic acids is 1. The van der Waals surface area contributed by atoms with Crippen molar-refractivity contribution in [1.29, 1.82) is 0 Å². The summed E-state index contributed by atoms with van der Waals surface area (Å²) in [6.07, 6.45) is -5.19. The summed E-state index contributed by atoms with van der Waals surface area (Å²) in [5, 5.41) is 1.56. The van der Waals surface area contributed by atoms with Crippen LogP contribution in [0, 0.1) is 11.6 Å². The molecule has 0 heterocycles. The molecule has 0 aliphatic rings. The van der Waals surface area contributed by atoms with Crippen LogP contribution in [0.2, 0.25) is 0 Å². The van der Waals surface area contributed by atoms with Crippen molar-refractivity contribution < 1.29 is 26.7 Å². The lowest BCUT2D eigenvalue weighted by Gasteiger charge is -2.08. The van der Waals surface area contributed by atoms with Crippen molar-refractivity contribution in [1.82, 2.24) is 5.32 Å². The van der Waals surface area contributed by atoms with Gasteiger partial charge in [0.15, 0.2) is 11.6 Å². The molecule has 0 saturated heterocycles. The van der Waals surface area contributed by atoms with Gasteiger partial charge in [-0.05, 0) is 18.1 Å². The van der Waals surface area contributed by atoms with Gasteiger partial charge in [0, 0.05) is 6.54 Å². The number of amides is 1. The van der Waals surface area contributed by atoms with Crippen molar-refractivity contribution in [3.63, 3.8) is 0 Å². The Morgan fingerprint density at radius 2 is 1.88 bits per heavy atom. The van der Waals surface area contributed by atoms with E-state index < -0.39 is 30.3 Å². The first-order valence-corrected chi connectivity index (χ1v) is 4.60. The van der Waals surface area contributed by atoms with E-state index in [2.05, 4.69) is 0 Å². The molecule has 1 N–H and O–H groups in total. The number of hydrogen-bond donors (Lipinski definition) is 1. The number of hydrogen-bond acceptors (Lipinski definition) is 1. The van der Waals surface area contributed by atoms with Crippen molar-refractivity contribution in [2.45, 2.75) is 12.6 Å². The van der Waals surface area contributed by atoms with Gasteiger partial charge in [-0.2, -0.15) is 13.2 Å². The second-order valence-electron chi connectivity index (χ2n) is 3.22. The molecule has 1 rings (SSSR count). The Hall–Kier alpha value is -1.66. The molecule has 0 aliphatic carbocycles. The van der Waals surface area contributed by atoms with Gasteiger partial charge in [0.05, 0.1) is 0 Å². The number of rotatable bonds is 3. The summed E-state index contributed by atoms with van der Waals surface area (Å²) in [5.74, 6) is -4.30. The largest absolute Gasteiger partial charge is 0.471 e. The topological polar surface area (TPSA) is 29.1 Å². The van der Waals surface area contributed by atoms with Crippen molar-refractivity contribution in [3.05, 3.63) is 35.4 Å². The lowest BCUT2D eigenvalue weighted by molar-refractivity contribution is -0.173. The molecular formula is C10H8F5NO. The van der Waals surface area contributed by atoms with E-state index in [1.165, 1.54) is 12.1 Å².